The van der Waals surface area contributed by atoms with Gasteiger partial charge in [-0.05, 0) is 18.2 Å². The van der Waals surface area contributed by atoms with Gasteiger partial charge in [0.25, 0.3) is 0 Å². The molecule has 6 nitrogen and oxygen atoms in total. The van der Waals surface area contributed by atoms with Crippen LogP contribution in [0.3, 0.4) is 0 Å². The number of nitrogens with zero attached hydrogens (tertiary/aromatic N) is 1. The van der Waals surface area contributed by atoms with Crippen LogP contribution in [0.4, 0.5) is 11.4 Å². The number of methoxy groups -OCH3 is 1. The van der Waals surface area contributed by atoms with E-state index in [1.807, 2.05) is 11.9 Å². The van der Waals surface area contributed by atoms with Gasteiger partial charge in [0.1, 0.15) is 0 Å². The molecule has 0 atom stereocenters. The van der Waals surface area contributed by atoms with Gasteiger partial charge in [0.15, 0.2) is 0 Å². The molecule has 0 unspecified atom stereocenters. The lowest BCUT2D eigenvalue weighted by atomic mass is 10.1. The van der Waals surface area contributed by atoms with Crippen LogP contribution in [-0.4, -0.2) is 51.6 Å². The maximum Gasteiger partial charge on any atom is 0.337 e. The second kappa shape index (κ2) is 7.60. The van der Waals surface area contributed by atoms with Crippen LogP contribution >= 0.6 is 0 Å². The molecule has 0 aromatic heterocycles. The molecule has 6 heteroatoms. The first-order valence-corrected chi connectivity index (χ1v) is 5.97. The van der Waals surface area contributed by atoms with E-state index in [1.54, 1.807) is 18.2 Å². The summed E-state index contributed by atoms with van der Waals surface area (Å²) in [6.45, 7) is 1.47. The summed E-state index contributed by atoms with van der Waals surface area (Å²) in [6.07, 6.45) is 0. The van der Waals surface area contributed by atoms with Crippen LogP contribution in [0.1, 0.15) is 10.4 Å². The first-order chi connectivity index (χ1) is 9.10. The molecule has 0 heterocycles. The van der Waals surface area contributed by atoms with Crippen molar-refractivity contribution in [3.8, 4) is 0 Å². The molecule has 0 aliphatic rings. The number of aliphatic hydroxyl groups excluding tert-OH is 1. The number of hydrogen-bond acceptors (Lipinski definition) is 6. The Morgan fingerprint density at radius 3 is 2.74 bits per heavy atom. The van der Waals surface area contributed by atoms with Crippen LogP contribution in [0.25, 0.3) is 0 Å². The summed E-state index contributed by atoms with van der Waals surface area (Å²) in [7, 11) is 3.21. The van der Waals surface area contributed by atoms with E-state index < -0.39 is 5.97 Å². The minimum absolute atomic E-state index is 0.0136. The second-order valence-corrected chi connectivity index (χ2v) is 4.02. The van der Waals surface area contributed by atoms with Crippen LogP contribution in [0.5, 0.6) is 0 Å². The predicted molar refractivity (Wildman–Crippen MR) is 73.4 cm³/mol. The molecular formula is C13H20N2O4. The highest BCUT2D eigenvalue weighted by molar-refractivity contribution is 5.91. The van der Waals surface area contributed by atoms with Gasteiger partial charge in [-0.3, -0.25) is 0 Å². The van der Waals surface area contributed by atoms with E-state index in [0.29, 0.717) is 31.0 Å². The molecule has 0 saturated carbocycles. The molecule has 0 amide bonds. The van der Waals surface area contributed by atoms with Crippen molar-refractivity contribution in [1.82, 2.24) is 0 Å². The lowest BCUT2D eigenvalue weighted by Gasteiger charge is -2.21. The number of carbonyl (C=O) groups is 1. The van der Waals surface area contributed by atoms with Crippen LogP contribution in [-0.2, 0) is 9.47 Å². The first kappa shape index (κ1) is 15.3. The molecule has 1 aromatic rings. The van der Waals surface area contributed by atoms with E-state index in [1.165, 1.54) is 7.11 Å². The molecule has 1 rings (SSSR count). The summed E-state index contributed by atoms with van der Waals surface area (Å²) >= 11 is 0. The van der Waals surface area contributed by atoms with E-state index in [2.05, 4.69) is 4.74 Å². The number of anilines is 2. The average molecular weight is 268 g/mol. The van der Waals surface area contributed by atoms with Crippen molar-refractivity contribution in [2.45, 2.75) is 0 Å². The van der Waals surface area contributed by atoms with Gasteiger partial charge in [0.05, 0.1) is 43.9 Å². The summed E-state index contributed by atoms with van der Waals surface area (Å²) in [5, 5.41) is 8.60. The topological polar surface area (TPSA) is 85.0 Å². The summed E-state index contributed by atoms with van der Waals surface area (Å²) < 4.78 is 9.82. The highest BCUT2D eigenvalue weighted by atomic mass is 16.5. The number of hydrogen-bond donors (Lipinski definition) is 2. The van der Waals surface area contributed by atoms with Gasteiger partial charge in [-0.15, -0.1) is 0 Å². The maximum absolute atomic E-state index is 11.4. The molecule has 0 aliphatic heterocycles. The third-order valence-corrected chi connectivity index (χ3v) is 2.67. The molecule has 3 N–H and O–H groups in total. The van der Waals surface area contributed by atoms with Crippen molar-refractivity contribution in [1.29, 1.82) is 0 Å². The van der Waals surface area contributed by atoms with Gasteiger partial charge in [0.2, 0.25) is 0 Å². The lowest BCUT2D eigenvalue weighted by molar-refractivity contribution is 0.0601. The molecule has 0 saturated heterocycles. The average Bonchev–Trinajstić information content (AvgIpc) is 2.42. The van der Waals surface area contributed by atoms with Gasteiger partial charge in [-0.25, -0.2) is 4.79 Å². The molecule has 19 heavy (non-hydrogen) atoms. The zero-order valence-corrected chi connectivity index (χ0v) is 11.3. The third kappa shape index (κ3) is 4.42. The van der Waals surface area contributed by atoms with Crippen molar-refractivity contribution >= 4 is 17.3 Å². The van der Waals surface area contributed by atoms with Crippen LogP contribution in [0, 0.1) is 0 Å². The van der Waals surface area contributed by atoms with Crippen molar-refractivity contribution in [3.63, 3.8) is 0 Å². The Morgan fingerprint density at radius 1 is 1.42 bits per heavy atom. The van der Waals surface area contributed by atoms with Gasteiger partial charge in [-0.1, -0.05) is 0 Å². The standard InChI is InChI=1S/C13H20N2O4/c1-15(5-7-19-8-6-16)12-4-3-10(9-11(12)14)13(17)18-2/h3-4,9,16H,5-8,14H2,1-2H3. The maximum atomic E-state index is 11.4. The van der Waals surface area contributed by atoms with Crippen molar-refractivity contribution in [2.75, 3.05) is 51.2 Å². The predicted octanol–water partition coefficient (Wildman–Crippen LogP) is 0.501. The minimum atomic E-state index is -0.410. The fourth-order valence-corrected chi connectivity index (χ4v) is 1.64. The summed E-state index contributed by atoms with van der Waals surface area (Å²) in [5.41, 5.74) is 7.67. The Kier molecular flexibility index (Phi) is 6.11. The van der Waals surface area contributed by atoms with Crippen LogP contribution < -0.4 is 10.6 Å². The molecule has 0 spiro atoms. The quantitative estimate of drug-likeness (QED) is 0.425. The largest absolute Gasteiger partial charge is 0.465 e. The monoisotopic (exact) mass is 268 g/mol. The number of likely N-dealkylation sites (N-methyl/N-ethyl adjacent to an activating group) is 1. The highest BCUT2D eigenvalue weighted by Crippen LogP contribution is 2.23. The van der Waals surface area contributed by atoms with Crippen LogP contribution in [0.2, 0.25) is 0 Å². The van der Waals surface area contributed by atoms with E-state index in [0.717, 1.165) is 5.69 Å². The first-order valence-electron chi connectivity index (χ1n) is 5.97. The van der Waals surface area contributed by atoms with E-state index in [-0.39, 0.29) is 6.61 Å². The van der Waals surface area contributed by atoms with E-state index in [9.17, 15) is 4.79 Å². The number of carbonyl (C=O) groups excluding carboxylic acids is 1. The number of benzene rings is 1. The van der Waals surface area contributed by atoms with Crippen molar-refractivity contribution in [3.05, 3.63) is 23.8 Å². The fourth-order valence-electron chi connectivity index (χ4n) is 1.64. The molecule has 0 aliphatic carbocycles. The molecular weight excluding hydrogens is 248 g/mol. The smallest absolute Gasteiger partial charge is 0.337 e. The van der Waals surface area contributed by atoms with E-state index in [4.69, 9.17) is 15.6 Å². The SMILES string of the molecule is COC(=O)c1ccc(N(C)CCOCCO)c(N)c1. The third-order valence-electron chi connectivity index (χ3n) is 2.67. The number of nitrogens with two attached hydrogens (primary N) is 1. The van der Waals surface area contributed by atoms with E-state index >= 15 is 0 Å². The summed E-state index contributed by atoms with van der Waals surface area (Å²) in [6, 6.07) is 5.03. The number of nitrogen functional groups attached to an aromatic ring is 1. The lowest BCUT2D eigenvalue weighted by Crippen LogP contribution is -2.24. The number of ether oxygens (including phenoxy) is 2. The Labute approximate surface area is 112 Å². The van der Waals surface area contributed by atoms with Gasteiger partial charge >= 0.3 is 5.97 Å². The molecule has 0 radical (unpaired) electrons. The Morgan fingerprint density at radius 2 is 2.16 bits per heavy atom. The minimum Gasteiger partial charge on any atom is -0.465 e. The molecule has 1 aromatic carbocycles. The Hall–Kier alpha value is -1.79. The number of aliphatic hydroxyl groups is 1. The molecule has 0 fully saturated rings. The van der Waals surface area contributed by atoms with Gasteiger partial charge in [-0.2, -0.15) is 0 Å². The Balaban J connectivity index is 2.65. The van der Waals surface area contributed by atoms with Gasteiger partial charge < -0.3 is 25.2 Å². The summed E-state index contributed by atoms with van der Waals surface area (Å²) in [5.74, 6) is -0.410. The highest BCUT2D eigenvalue weighted by Gasteiger charge is 2.10. The zero-order valence-electron chi connectivity index (χ0n) is 11.3. The number of esters is 1. The van der Waals surface area contributed by atoms with Crippen LogP contribution in [0.15, 0.2) is 18.2 Å². The molecule has 106 valence electrons. The normalized spacial score (nSPS) is 10.3. The molecule has 0 bridgehead atoms. The second-order valence-electron chi connectivity index (χ2n) is 4.02. The Bertz CT molecular complexity index is 423. The number of rotatable bonds is 7. The van der Waals surface area contributed by atoms with Gasteiger partial charge in [0, 0.05) is 13.6 Å². The zero-order chi connectivity index (χ0) is 14.3. The van der Waals surface area contributed by atoms with Crippen molar-refractivity contribution < 1.29 is 19.4 Å². The van der Waals surface area contributed by atoms with Crippen molar-refractivity contribution in [2.24, 2.45) is 0 Å². The fraction of sp³-hybridized carbons (Fsp3) is 0.462. The summed E-state index contributed by atoms with van der Waals surface area (Å²) in [4.78, 5) is 13.3.